The van der Waals surface area contributed by atoms with Crippen LogP contribution in [0.15, 0.2) is 42.5 Å². The summed E-state index contributed by atoms with van der Waals surface area (Å²) in [5, 5.41) is 3.58. The SMILES string of the molecule is CC(=O)N1CCc2ccccc2C1CC(=O)Nc1ccc(Cl)cc1C. The van der Waals surface area contributed by atoms with Gasteiger partial charge in [-0.15, -0.1) is 0 Å². The van der Waals surface area contributed by atoms with Crippen molar-refractivity contribution in [1.82, 2.24) is 4.90 Å². The van der Waals surface area contributed by atoms with Gasteiger partial charge in [-0.05, 0) is 48.2 Å². The second-order valence-electron chi connectivity index (χ2n) is 6.39. The Hall–Kier alpha value is -2.33. The van der Waals surface area contributed by atoms with Gasteiger partial charge >= 0.3 is 0 Å². The molecule has 2 aromatic carbocycles. The number of rotatable bonds is 3. The number of halogens is 1. The molecule has 1 aliphatic rings. The molecule has 0 aliphatic carbocycles. The molecular formula is C20H21ClN2O2. The minimum atomic E-state index is -0.227. The molecule has 25 heavy (non-hydrogen) atoms. The average molecular weight is 357 g/mol. The molecule has 3 rings (SSSR count). The van der Waals surface area contributed by atoms with E-state index in [0.717, 1.165) is 23.2 Å². The molecule has 0 bridgehead atoms. The Labute approximate surface area is 152 Å². The maximum absolute atomic E-state index is 12.6. The average Bonchev–Trinajstić information content (AvgIpc) is 2.57. The highest BCUT2D eigenvalue weighted by atomic mass is 35.5. The first-order valence-electron chi connectivity index (χ1n) is 8.36. The molecule has 5 heteroatoms. The van der Waals surface area contributed by atoms with Gasteiger partial charge in [0.15, 0.2) is 0 Å². The summed E-state index contributed by atoms with van der Waals surface area (Å²) < 4.78 is 0. The van der Waals surface area contributed by atoms with E-state index in [1.54, 1.807) is 24.0 Å². The molecule has 0 fully saturated rings. The number of hydrogen-bond acceptors (Lipinski definition) is 2. The van der Waals surface area contributed by atoms with E-state index in [9.17, 15) is 9.59 Å². The Kier molecular flexibility index (Phi) is 5.09. The molecule has 1 atom stereocenters. The first-order valence-corrected chi connectivity index (χ1v) is 8.74. The summed E-state index contributed by atoms with van der Waals surface area (Å²) in [5.41, 5.74) is 3.92. The van der Waals surface area contributed by atoms with Crippen LogP contribution < -0.4 is 5.32 Å². The van der Waals surface area contributed by atoms with Gasteiger partial charge in [0.25, 0.3) is 0 Å². The third-order valence-corrected chi connectivity index (χ3v) is 4.89. The van der Waals surface area contributed by atoms with Gasteiger partial charge in [-0.3, -0.25) is 9.59 Å². The van der Waals surface area contributed by atoms with Crippen LogP contribution in [0.3, 0.4) is 0 Å². The number of carbonyl (C=O) groups is 2. The van der Waals surface area contributed by atoms with E-state index in [1.807, 2.05) is 31.2 Å². The summed E-state index contributed by atoms with van der Waals surface area (Å²) in [6.45, 7) is 4.10. The lowest BCUT2D eigenvalue weighted by atomic mass is 9.90. The van der Waals surface area contributed by atoms with Crippen molar-refractivity contribution in [2.45, 2.75) is 32.7 Å². The van der Waals surface area contributed by atoms with Gasteiger partial charge in [-0.2, -0.15) is 0 Å². The van der Waals surface area contributed by atoms with Crippen LogP contribution in [-0.4, -0.2) is 23.3 Å². The van der Waals surface area contributed by atoms with Crippen LogP contribution in [0.25, 0.3) is 0 Å². The van der Waals surface area contributed by atoms with E-state index in [1.165, 1.54) is 5.56 Å². The highest BCUT2D eigenvalue weighted by Crippen LogP contribution is 2.32. The van der Waals surface area contributed by atoms with Crippen molar-refractivity contribution < 1.29 is 9.59 Å². The second kappa shape index (κ2) is 7.28. The smallest absolute Gasteiger partial charge is 0.226 e. The zero-order valence-corrected chi connectivity index (χ0v) is 15.1. The Morgan fingerprint density at radius 3 is 2.72 bits per heavy atom. The van der Waals surface area contributed by atoms with Crippen LogP contribution in [0.4, 0.5) is 5.69 Å². The molecule has 0 spiro atoms. The number of nitrogens with zero attached hydrogens (tertiary/aromatic N) is 1. The molecule has 0 radical (unpaired) electrons. The number of benzene rings is 2. The fraction of sp³-hybridized carbons (Fsp3) is 0.300. The Balaban J connectivity index is 1.81. The van der Waals surface area contributed by atoms with Crippen LogP contribution in [0, 0.1) is 6.92 Å². The molecule has 130 valence electrons. The number of aryl methyl sites for hydroxylation is 1. The monoisotopic (exact) mass is 356 g/mol. The number of amides is 2. The highest BCUT2D eigenvalue weighted by Gasteiger charge is 2.30. The zero-order chi connectivity index (χ0) is 18.0. The molecule has 1 heterocycles. The van der Waals surface area contributed by atoms with Crippen LogP contribution in [0.1, 0.15) is 36.1 Å². The summed E-state index contributed by atoms with van der Waals surface area (Å²) in [4.78, 5) is 26.4. The lowest BCUT2D eigenvalue weighted by molar-refractivity contribution is -0.132. The Morgan fingerprint density at radius 2 is 2.00 bits per heavy atom. The largest absolute Gasteiger partial charge is 0.335 e. The first-order chi connectivity index (χ1) is 12.0. The molecule has 0 aromatic heterocycles. The van der Waals surface area contributed by atoms with Crippen molar-refractivity contribution in [3.05, 3.63) is 64.2 Å². The van der Waals surface area contributed by atoms with Crippen molar-refractivity contribution in [3.63, 3.8) is 0 Å². The first kappa shape index (κ1) is 17.5. The minimum Gasteiger partial charge on any atom is -0.335 e. The van der Waals surface area contributed by atoms with Crippen molar-refractivity contribution in [2.24, 2.45) is 0 Å². The van der Waals surface area contributed by atoms with Gasteiger partial charge in [0.1, 0.15) is 0 Å². The number of carbonyl (C=O) groups excluding carboxylic acids is 2. The number of nitrogens with one attached hydrogen (secondary N) is 1. The lowest BCUT2D eigenvalue weighted by Gasteiger charge is -2.36. The van der Waals surface area contributed by atoms with Crippen molar-refractivity contribution in [2.75, 3.05) is 11.9 Å². The summed E-state index contributed by atoms with van der Waals surface area (Å²) in [5.74, 6) is -0.117. The second-order valence-corrected chi connectivity index (χ2v) is 6.83. The van der Waals surface area contributed by atoms with E-state index in [-0.39, 0.29) is 24.3 Å². The van der Waals surface area contributed by atoms with Crippen LogP contribution in [0.2, 0.25) is 5.02 Å². The number of hydrogen-bond donors (Lipinski definition) is 1. The van der Waals surface area contributed by atoms with Gasteiger partial charge in [0.05, 0.1) is 12.5 Å². The predicted octanol–water partition coefficient (Wildman–Crippen LogP) is 4.12. The molecule has 4 nitrogen and oxygen atoms in total. The minimum absolute atomic E-state index is 0.00465. The molecule has 2 amide bonds. The quantitative estimate of drug-likeness (QED) is 0.899. The standard InChI is InChI=1S/C20H21ClN2O2/c1-13-11-16(21)7-8-18(13)22-20(25)12-19-17-6-4-3-5-15(17)9-10-23(19)14(2)24/h3-8,11,19H,9-10,12H2,1-2H3,(H,22,25). The molecule has 0 saturated heterocycles. The molecule has 2 aromatic rings. The summed E-state index contributed by atoms with van der Waals surface area (Å²) in [6, 6.07) is 13.2. The van der Waals surface area contributed by atoms with E-state index < -0.39 is 0 Å². The van der Waals surface area contributed by atoms with Crippen molar-refractivity contribution >= 4 is 29.1 Å². The normalized spacial score (nSPS) is 16.3. The highest BCUT2D eigenvalue weighted by molar-refractivity contribution is 6.30. The lowest BCUT2D eigenvalue weighted by Crippen LogP contribution is -2.40. The Bertz CT molecular complexity index is 819. The third-order valence-electron chi connectivity index (χ3n) is 4.66. The van der Waals surface area contributed by atoms with Crippen LogP contribution >= 0.6 is 11.6 Å². The fourth-order valence-electron chi connectivity index (χ4n) is 3.39. The molecular weight excluding hydrogens is 336 g/mol. The zero-order valence-electron chi connectivity index (χ0n) is 14.4. The molecule has 1 aliphatic heterocycles. The van der Waals surface area contributed by atoms with Crippen molar-refractivity contribution in [1.29, 1.82) is 0 Å². The van der Waals surface area contributed by atoms with Gasteiger partial charge in [0.2, 0.25) is 11.8 Å². The maximum atomic E-state index is 12.6. The van der Waals surface area contributed by atoms with Crippen LogP contribution in [0.5, 0.6) is 0 Å². The summed E-state index contributed by atoms with van der Waals surface area (Å²) in [6.07, 6.45) is 1.06. The molecule has 1 N–H and O–H groups in total. The van der Waals surface area contributed by atoms with E-state index in [0.29, 0.717) is 11.6 Å². The van der Waals surface area contributed by atoms with E-state index in [4.69, 9.17) is 11.6 Å². The van der Waals surface area contributed by atoms with Gasteiger partial charge in [-0.25, -0.2) is 0 Å². The predicted molar refractivity (Wildman–Crippen MR) is 99.7 cm³/mol. The molecule has 1 unspecified atom stereocenters. The third kappa shape index (κ3) is 3.85. The topological polar surface area (TPSA) is 49.4 Å². The maximum Gasteiger partial charge on any atom is 0.226 e. The van der Waals surface area contributed by atoms with Gasteiger partial charge in [0, 0.05) is 24.2 Å². The number of fused-ring (bicyclic) bond motifs is 1. The summed E-state index contributed by atoms with van der Waals surface area (Å²) in [7, 11) is 0. The van der Waals surface area contributed by atoms with Gasteiger partial charge < -0.3 is 10.2 Å². The van der Waals surface area contributed by atoms with Gasteiger partial charge in [-0.1, -0.05) is 35.9 Å². The Morgan fingerprint density at radius 1 is 1.24 bits per heavy atom. The van der Waals surface area contributed by atoms with E-state index >= 15 is 0 Å². The van der Waals surface area contributed by atoms with Crippen molar-refractivity contribution in [3.8, 4) is 0 Å². The summed E-state index contributed by atoms with van der Waals surface area (Å²) >= 11 is 5.96. The van der Waals surface area contributed by atoms with Crippen LogP contribution in [-0.2, 0) is 16.0 Å². The van der Waals surface area contributed by atoms with E-state index in [2.05, 4.69) is 11.4 Å². The number of anilines is 1. The fourth-order valence-corrected chi connectivity index (χ4v) is 3.62. The molecule has 0 saturated carbocycles.